The van der Waals surface area contributed by atoms with Crippen molar-refractivity contribution in [2.45, 2.75) is 44.6 Å². The third-order valence-corrected chi connectivity index (χ3v) is 5.12. The molecule has 2 N–H and O–H groups in total. The lowest BCUT2D eigenvalue weighted by atomic mass is 9.86. The van der Waals surface area contributed by atoms with Crippen LogP contribution >= 0.6 is 11.8 Å². The predicted octanol–water partition coefficient (Wildman–Crippen LogP) is 2.29. The molecule has 0 aliphatic heterocycles. The van der Waals surface area contributed by atoms with Crippen molar-refractivity contribution in [3.63, 3.8) is 0 Å². The molecule has 0 aromatic heterocycles. The Kier molecular flexibility index (Phi) is 8.31. The van der Waals surface area contributed by atoms with Crippen LogP contribution in [0.25, 0.3) is 0 Å². The van der Waals surface area contributed by atoms with E-state index in [1.807, 2.05) is 11.8 Å². The van der Waals surface area contributed by atoms with E-state index in [-0.39, 0.29) is 5.54 Å². The number of hydrogen-bond donors (Lipinski definition) is 2. The van der Waals surface area contributed by atoms with Gasteiger partial charge in [0.25, 0.3) is 0 Å². The Balaban J connectivity index is 2.23. The third kappa shape index (κ3) is 4.72. The van der Waals surface area contributed by atoms with Gasteiger partial charge in [-0.25, -0.2) is 0 Å². The van der Waals surface area contributed by atoms with Crippen molar-refractivity contribution in [2.24, 2.45) is 5.92 Å². The lowest BCUT2D eigenvalue weighted by molar-refractivity contribution is 0.124. The fraction of sp³-hybridized carbons (Fsp3) is 1.00. The number of nitrogens with one attached hydrogen (secondary N) is 1. The summed E-state index contributed by atoms with van der Waals surface area (Å²) in [6, 6.07) is 0. The molecular weight excluding hydrogens is 246 g/mol. The minimum atomic E-state index is 0.0157. The molecule has 2 unspecified atom stereocenters. The zero-order chi connectivity index (χ0) is 13.3. The molecule has 18 heavy (non-hydrogen) atoms. The van der Waals surface area contributed by atoms with Crippen LogP contribution in [0.15, 0.2) is 0 Å². The zero-order valence-corrected chi connectivity index (χ0v) is 12.7. The Morgan fingerprint density at radius 2 is 2.28 bits per heavy atom. The SMILES string of the molecule is CCNC1(CO)CCCC1CCSCCCOC. The van der Waals surface area contributed by atoms with Gasteiger partial charge >= 0.3 is 0 Å². The molecular formula is C14H29NO2S. The molecule has 1 aliphatic carbocycles. The second-order valence-electron chi connectivity index (χ2n) is 5.18. The van der Waals surface area contributed by atoms with Gasteiger partial charge in [-0.05, 0) is 49.7 Å². The highest BCUT2D eigenvalue weighted by Crippen LogP contribution is 2.38. The first-order valence-corrected chi connectivity index (χ1v) is 8.37. The van der Waals surface area contributed by atoms with Crippen molar-refractivity contribution < 1.29 is 9.84 Å². The summed E-state index contributed by atoms with van der Waals surface area (Å²) >= 11 is 2.02. The molecule has 1 fully saturated rings. The summed E-state index contributed by atoms with van der Waals surface area (Å²) in [7, 11) is 1.76. The van der Waals surface area contributed by atoms with E-state index in [0.29, 0.717) is 12.5 Å². The largest absolute Gasteiger partial charge is 0.394 e. The Morgan fingerprint density at radius 3 is 2.94 bits per heavy atom. The number of thioether (sulfide) groups is 1. The van der Waals surface area contributed by atoms with E-state index in [4.69, 9.17) is 4.74 Å². The van der Waals surface area contributed by atoms with Crippen LogP contribution in [0.2, 0.25) is 0 Å². The third-order valence-electron chi connectivity index (χ3n) is 4.02. The maximum absolute atomic E-state index is 9.70. The van der Waals surface area contributed by atoms with Crippen LogP contribution < -0.4 is 5.32 Å². The van der Waals surface area contributed by atoms with E-state index in [9.17, 15) is 5.11 Å². The second kappa shape index (κ2) is 9.18. The van der Waals surface area contributed by atoms with Gasteiger partial charge in [0.05, 0.1) is 6.61 Å². The summed E-state index contributed by atoms with van der Waals surface area (Å²) in [5.41, 5.74) is 0.0157. The summed E-state index contributed by atoms with van der Waals surface area (Å²) in [6.07, 6.45) is 6.03. The molecule has 2 atom stereocenters. The Labute approximate surface area is 116 Å². The van der Waals surface area contributed by atoms with E-state index >= 15 is 0 Å². The van der Waals surface area contributed by atoms with Crippen LogP contribution in [0, 0.1) is 5.92 Å². The number of ether oxygens (including phenoxy) is 1. The first-order valence-electron chi connectivity index (χ1n) is 7.21. The highest BCUT2D eigenvalue weighted by molar-refractivity contribution is 7.99. The lowest BCUT2D eigenvalue weighted by Crippen LogP contribution is -2.51. The molecule has 0 amide bonds. The van der Waals surface area contributed by atoms with E-state index in [2.05, 4.69) is 12.2 Å². The minimum absolute atomic E-state index is 0.0157. The van der Waals surface area contributed by atoms with Crippen molar-refractivity contribution in [3.8, 4) is 0 Å². The molecule has 0 bridgehead atoms. The summed E-state index contributed by atoms with van der Waals surface area (Å²) in [6.45, 7) is 4.25. The van der Waals surface area contributed by atoms with Gasteiger partial charge in [0.1, 0.15) is 0 Å². The van der Waals surface area contributed by atoms with Crippen molar-refractivity contribution in [1.29, 1.82) is 0 Å². The van der Waals surface area contributed by atoms with Gasteiger partial charge in [-0.1, -0.05) is 13.3 Å². The van der Waals surface area contributed by atoms with Crippen molar-refractivity contribution >= 4 is 11.8 Å². The van der Waals surface area contributed by atoms with Crippen LogP contribution in [-0.2, 0) is 4.74 Å². The van der Waals surface area contributed by atoms with Crippen LogP contribution in [0.5, 0.6) is 0 Å². The molecule has 0 radical (unpaired) electrons. The number of likely N-dealkylation sites (N-methyl/N-ethyl adjacent to an activating group) is 1. The monoisotopic (exact) mass is 275 g/mol. The molecule has 1 saturated carbocycles. The first kappa shape index (κ1) is 16.3. The van der Waals surface area contributed by atoms with Crippen molar-refractivity contribution in [2.75, 3.05) is 38.4 Å². The molecule has 0 heterocycles. The zero-order valence-electron chi connectivity index (χ0n) is 11.9. The molecule has 1 aliphatic rings. The molecule has 0 saturated heterocycles. The molecule has 0 spiro atoms. The Morgan fingerprint density at radius 1 is 1.44 bits per heavy atom. The van der Waals surface area contributed by atoms with Gasteiger partial charge in [-0.15, -0.1) is 0 Å². The van der Waals surface area contributed by atoms with Crippen molar-refractivity contribution in [1.82, 2.24) is 5.32 Å². The average molecular weight is 275 g/mol. The van der Waals surface area contributed by atoms with Gasteiger partial charge in [-0.3, -0.25) is 0 Å². The van der Waals surface area contributed by atoms with Crippen LogP contribution in [-0.4, -0.2) is 49.0 Å². The summed E-state index contributed by atoms with van der Waals surface area (Å²) in [4.78, 5) is 0. The van der Waals surface area contributed by atoms with Gasteiger partial charge < -0.3 is 15.2 Å². The quantitative estimate of drug-likeness (QED) is 0.600. The van der Waals surface area contributed by atoms with Gasteiger partial charge in [0.2, 0.25) is 0 Å². The maximum atomic E-state index is 9.70. The van der Waals surface area contributed by atoms with Gasteiger partial charge in [0, 0.05) is 19.3 Å². The highest BCUT2D eigenvalue weighted by Gasteiger charge is 2.40. The van der Waals surface area contributed by atoms with Gasteiger partial charge in [-0.2, -0.15) is 11.8 Å². The Hall–Kier alpha value is 0.230. The van der Waals surface area contributed by atoms with Crippen LogP contribution in [0.3, 0.4) is 0 Å². The maximum Gasteiger partial charge on any atom is 0.0616 e. The Bertz CT molecular complexity index is 216. The molecule has 0 aromatic rings. The number of methoxy groups -OCH3 is 1. The number of hydrogen-bond acceptors (Lipinski definition) is 4. The fourth-order valence-corrected chi connectivity index (χ4v) is 4.02. The van der Waals surface area contributed by atoms with Crippen LogP contribution in [0.1, 0.15) is 39.0 Å². The first-order chi connectivity index (χ1) is 8.79. The highest BCUT2D eigenvalue weighted by atomic mass is 32.2. The lowest BCUT2D eigenvalue weighted by Gasteiger charge is -2.35. The molecule has 3 nitrogen and oxygen atoms in total. The molecule has 4 heteroatoms. The molecule has 1 rings (SSSR count). The minimum Gasteiger partial charge on any atom is -0.394 e. The average Bonchev–Trinajstić information content (AvgIpc) is 2.78. The van der Waals surface area contributed by atoms with E-state index in [1.54, 1.807) is 7.11 Å². The van der Waals surface area contributed by atoms with E-state index < -0.39 is 0 Å². The van der Waals surface area contributed by atoms with E-state index in [0.717, 1.165) is 26.0 Å². The van der Waals surface area contributed by atoms with Gasteiger partial charge in [0.15, 0.2) is 0 Å². The topological polar surface area (TPSA) is 41.5 Å². The van der Waals surface area contributed by atoms with Crippen LogP contribution in [0.4, 0.5) is 0 Å². The second-order valence-corrected chi connectivity index (χ2v) is 6.41. The van der Waals surface area contributed by atoms with Crippen molar-refractivity contribution in [3.05, 3.63) is 0 Å². The molecule has 108 valence electrons. The van der Waals surface area contributed by atoms with E-state index in [1.165, 1.54) is 30.8 Å². The smallest absolute Gasteiger partial charge is 0.0616 e. The summed E-state index contributed by atoms with van der Waals surface area (Å²) < 4.78 is 5.05. The number of aliphatic hydroxyl groups excluding tert-OH is 1. The fourth-order valence-electron chi connectivity index (χ4n) is 3.05. The predicted molar refractivity (Wildman–Crippen MR) is 79.3 cm³/mol. The number of rotatable bonds is 10. The number of aliphatic hydroxyl groups is 1. The summed E-state index contributed by atoms with van der Waals surface area (Å²) in [5.74, 6) is 3.05. The molecule has 0 aromatic carbocycles. The normalized spacial score (nSPS) is 27.8. The summed E-state index contributed by atoms with van der Waals surface area (Å²) in [5, 5.41) is 13.2. The standard InChI is InChI=1S/C14H29NO2S/c1-3-15-14(12-16)8-4-6-13(14)7-11-18-10-5-9-17-2/h13,15-16H,3-12H2,1-2H3.